The second-order valence-electron chi connectivity index (χ2n) is 7.48. The van der Waals surface area contributed by atoms with Gasteiger partial charge in [-0.25, -0.2) is 4.79 Å². The van der Waals surface area contributed by atoms with E-state index in [2.05, 4.69) is 5.32 Å². The van der Waals surface area contributed by atoms with Crippen LogP contribution >= 0.6 is 0 Å². The molecule has 126 valence electrons. The van der Waals surface area contributed by atoms with Gasteiger partial charge in [-0.15, -0.1) is 0 Å². The molecule has 1 N–H and O–H groups in total. The van der Waals surface area contributed by atoms with Crippen LogP contribution in [0.1, 0.15) is 44.0 Å². The number of ether oxygens (including phenoxy) is 1. The lowest BCUT2D eigenvalue weighted by molar-refractivity contribution is 0.0491. The summed E-state index contributed by atoms with van der Waals surface area (Å²) in [4.78, 5) is 26.3. The number of furan rings is 1. The van der Waals surface area contributed by atoms with Crippen LogP contribution in [-0.4, -0.2) is 41.6 Å². The predicted octanol–water partition coefficient (Wildman–Crippen LogP) is 2.65. The molecular weight excluding hydrogens is 296 g/mol. The third-order valence-electron chi connectivity index (χ3n) is 4.61. The predicted molar refractivity (Wildman–Crippen MR) is 84.0 cm³/mol. The third-order valence-corrected chi connectivity index (χ3v) is 4.61. The number of rotatable bonds is 2. The molecule has 1 saturated carbocycles. The first-order chi connectivity index (χ1) is 10.8. The number of likely N-dealkylation sites (tertiary alicyclic amines) is 1. The lowest BCUT2D eigenvalue weighted by Gasteiger charge is -2.24. The largest absolute Gasteiger partial charge is 0.472 e. The first-order valence-electron chi connectivity index (χ1n) is 8.14. The molecule has 1 aliphatic carbocycles. The van der Waals surface area contributed by atoms with Crippen molar-refractivity contribution in [2.24, 2.45) is 11.8 Å². The molecule has 0 radical (unpaired) electrons. The lowest BCUT2D eigenvalue weighted by Crippen LogP contribution is -2.42. The van der Waals surface area contributed by atoms with E-state index in [1.165, 1.54) is 12.5 Å². The second-order valence-corrected chi connectivity index (χ2v) is 7.48. The van der Waals surface area contributed by atoms with Gasteiger partial charge < -0.3 is 19.4 Å². The van der Waals surface area contributed by atoms with Crippen LogP contribution in [0.5, 0.6) is 0 Å². The molecule has 2 fully saturated rings. The molecule has 1 saturated heterocycles. The van der Waals surface area contributed by atoms with Gasteiger partial charge in [0.2, 0.25) is 0 Å². The van der Waals surface area contributed by atoms with Gasteiger partial charge in [0.25, 0.3) is 5.91 Å². The lowest BCUT2D eigenvalue weighted by atomic mass is 9.98. The molecular formula is C17H24N2O4. The Morgan fingerprint density at radius 1 is 1.30 bits per heavy atom. The number of amides is 2. The van der Waals surface area contributed by atoms with E-state index in [-0.39, 0.29) is 18.0 Å². The molecule has 1 aliphatic heterocycles. The zero-order valence-corrected chi connectivity index (χ0v) is 13.9. The molecule has 0 spiro atoms. The molecule has 3 unspecified atom stereocenters. The molecule has 0 aromatic carbocycles. The normalized spacial score (nSPS) is 26.9. The highest BCUT2D eigenvalue weighted by Gasteiger charge is 2.45. The van der Waals surface area contributed by atoms with Crippen molar-refractivity contribution in [1.29, 1.82) is 0 Å². The Morgan fingerprint density at radius 3 is 2.74 bits per heavy atom. The van der Waals surface area contributed by atoms with Gasteiger partial charge in [0.05, 0.1) is 11.8 Å². The summed E-state index contributed by atoms with van der Waals surface area (Å²) in [6, 6.07) is 1.77. The Kier molecular flexibility index (Phi) is 4.08. The van der Waals surface area contributed by atoms with E-state index in [1.807, 2.05) is 25.7 Å². The van der Waals surface area contributed by atoms with E-state index in [9.17, 15) is 9.59 Å². The van der Waals surface area contributed by atoms with E-state index in [0.29, 0.717) is 23.9 Å². The molecule has 2 amide bonds. The van der Waals surface area contributed by atoms with E-state index < -0.39 is 5.60 Å². The number of carbonyl (C=O) groups excluding carboxylic acids is 2. The summed E-state index contributed by atoms with van der Waals surface area (Å²) in [7, 11) is 0. The quantitative estimate of drug-likeness (QED) is 0.909. The van der Waals surface area contributed by atoms with Crippen molar-refractivity contribution in [3.63, 3.8) is 0 Å². The zero-order chi connectivity index (χ0) is 16.6. The number of hydrogen-bond donors (Lipinski definition) is 1. The summed E-state index contributed by atoms with van der Waals surface area (Å²) in [6.07, 6.45) is 4.59. The van der Waals surface area contributed by atoms with E-state index in [4.69, 9.17) is 9.15 Å². The van der Waals surface area contributed by atoms with Crippen LogP contribution in [0, 0.1) is 11.8 Å². The topological polar surface area (TPSA) is 71.8 Å². The van der Waals surface area contributed by atoms with Crippen molar-refractivity contribution in [3.05, 3.63) is 24.2 Å². The van der Waals surface area contributed by atoms with E-state index >= 15 is 0 Å². The van der Waals surface area contributed by atoms with Crippen molar-refractivity contribution >= 4 is 12.0 Å². The molecule has 2 aliphatic rings. The second kappa shape index (κ2) is 5.91. The maximum Gasteiger partial charge on any atom is 0.407 e. The van der Waals surface area contributed by atoms with Crippen molar-refractivity contribution < 1.29 is 18.7 Å². The maximum absolute atomic E-state index is 12.4. The fraction of sp³-hybridized carbons (Fsp3) is 0.647. The molecule has 1 aromatic rings. The van der Waals surface area contributed by atoms with E-state index in [0.717, 1.165) is 19.4 Å². The SMILES string of the molecule is CC(C)(C)OC(=O)NC1CCC2CN(C(=O)c3ccoc3)CC21. The summed E-state index contributed by atoms with van der Waals surface area (Å²) >= 11 is 0. The number of hydrogen-bond acceptors (Lipinski definition) is 4. The minimum Gasteiger partial charge on any atom is -0.472 e. The zero-order valence-electron chi connectivity index (χ0n) is 13.9. The minimum absolute atomic E-state index is 0.00386. The smallest absolute Gasteiger partial charge is 0.407 e. The van der Waals surface area contributed by atoms with Crippen LogP contribution in [0.15, 0.2) is 23.0 Å². The van der Waals surface area contributed by atoms with Gasteiger partial charge in [-0.1, -0.05) is 0 Å². The van der Waals surface area contributed by atoms with E-state index in [1.54, 1.807) is 6.07 Å². The Hall–Kier alpha value is -1.98. The van der Waals surface area contributed by atoms with Crippen molar-refractivity contribution in [2.75, 3.05) is 13.1 Å². The summed E-state index contributed by atoms with van der Waals surface area (Å²) in [6.45, 7) is 6.98. The first-order valence-corrected chi connectivity index (χ1v) is 8.14. The fourth-order valence-corrected chi connectivity index (χ4v) is 3.64. The van der Waals surface area contributed by atoms with Gasteiger partial charge in [-0.2, -0.15) is 0 Å². The van der Waals surface area contributed by atoms with Crippen LogP contribution in [0.25, 0.3) is 0 Å². The van der Waals surface area contributed by atoms with Gasteiger partial charge in [0.1, 0.15) is 11.9 Å². The van der Waals surface area contributed by atoms with Crippen molar-refractivity contribution in [3.8, 4) is 0 Å². The number of nitrogens with zero attached hydrogens (tertiary/aromatic N) is 1. The standard InChI is InChI=1S/C17H24N2O4/c1-17(2,3)23-16(21)18-14-5-4-11-8-19(9-13(11)14)15(20)12-6-7-22-10-12/h6-7,10-11,13-14H,4-5,8-9H2,1-3H3,(H,18,21). The fourth-order valence-electron chi connectivity index (χ4n) is 3.64. The highest BCUT2D eigenvalue weighted by molar-refractivity contribution is 5.94. The summed E-state index contributed by atoms with van der Waals surface area (Å²) in [5, 5.41) is 2.98. The molecule has 3 rings (SSSR count). The summed E-state index contributed by atoms with van der Waals surface area (Å²) in [5.74, 6) is 0.758. The molecule has 6 nitrogen and oxygen atoms in total. The van der Waals surface area contributed by atoms with Crippen LogP contribution in [0.4, 0.5) is 4.79 Å². The van der Waals surface area contributed by atoms with Gasteiger partial charge in [0, 0.05) is 25.0 Å². The molecule has 3 atom stereocenters. The van der Waals surface area contributed by atoms with Crippen molar-refractivity contribution in [1.82, 2.24) is 10.2 Å². The maximum atomic E-state index is 12.4. The van der Waals surface area contributed by atoms with Gasteiger partial charge in [0.15, 0.2) is 0 Å². The number of carbonyl (C=O) groups is 2. The molecule has 2 heterocycles. The van der Waals surface area contributed by atoms with Gasteiger partial charge >= 0.3 is 6.09 Å². The van der Waals surface area contributed by atoms with Crippen LogP contribution in [0.2, 0.25) is 0 Å². The number of nitrogens with one attached hydrogen (secondary N) is 1. The Morgan fingerprint density at radius 2 is 2.09 bits per heavy atom. The van der Waals surface area contributed by atoms with Crippen molar-refractivity contribution in [2.45, 2.75) is 45.3 Å². The van der Waals surface area contributed by atoms with Crippen LogP contribution < -0.4 is 5.32 Å². The number of alkyl carbamates (subject to hydrolysis) is 1. The Bertz CT molecular complexity index is 576. The summed E-state index contributed by atoms with van der Waals surface area (Å²) in [5.41, 5.74) is 0.0859. The molecule has 6 heteroatoms. The first kappa shape index (κ1) is 15.9. The van der Waals surface area contributed by atoms with Crippen LogP contribution in [0.3, 0.4) is 0 Å². The summed E-state index contributed by atoms with van der Waals surface area (Å²) < 4.78 is 10.3. The Balaban J connectivity index is 1.59. The monoisotopic (exact) mass is 320 g/mol. The van der Waals surface area contributed by atoms with Gasteiger partial charge in [-0.3, -0.25) is 4.79 Å². The average Bonchev–Trinajstić information content (AvgIpc) is 3.13. The Labute approximate surface area is 136 Å². The molecule has 23 heavy (non-hydrogen) atoms. The molecule has 1 aromatic heterocycles. The number of fused-ring (bicyclic) bond motifs is 1. The minimum atomic E-state index is -0.499. The van der Waals surface area contributed by atoms with Gasteiger partial charge in [-0.05, 0) is 45.6 Å². The average molecular weight is 320 g/mol. The molecule has 0 bridgehead atoms. The highest BCUT2D eigenvalue weighted by Crippen LogP contribution is 2.38. The third kappa shape index (κ3) is 3.51. The highest BCUT2D eigenvalue weighted by atomic mass is 16.6. The van der Waals surface area contributed by atoms with Crippen LogP contribution in [-0.2, 0) is 4.74 Å².